The van der Waals surface area contributed by atoms with E-state index in [0.717, 1.165) is 21.8 Å². The molecule has 0 spiro atoms. The minimum Gasteiger partial charge on any atom is -0.378 e. The highest BCUT2D eigenvalue weighted by Crippen LogP contribution is 2.35. The van der Waals surface area contributed by atoms with Crippen molar-refractivity contribution in [2.24, 2.45) is 0 Å². The average molecular weight is 358 g/mol. The molecule has 0 amide bonds. The van der Waals surface area contributed by atoms with Gasteiger partial charge in [-0.1, -0.05) is 34.1 Å². The van der Waals surface area contributed by atoms with E-state index in [4.69, 9.17) is 0 Å². The van der Waals surface area contributed by atoms with E-state index in [0.29, 0.717) is 0 Å². The van der Waals surface area contributed by atoms with Crippen LogP contribution in [0.15, 0.2) is 46.9 Å². The predicted molar refractivity (Wildman–Crippen MR) is 82.4 cm³/mol. The maximum absolute atomic E-state index is 13.0. The van der Waals surface area contributed by atoms with Crippen molar-refractivity contribution < 1.29 is 13.2 Å². The van der Waals surface area contributed by atoms with Crippen LogP contribution in [0.4, 0.5) is 18.9 Å². The van der Waals surface area contributed by atoms with Crippen LogP contribution in [0.5, 0.6) is 0 Å². The highest BCUT2D eigenvalue weighted by Gasteiger charge is 2.34. The van der Waals surface area contributed by atoms with Crippen molar-refractivity contribution in [3.8, 4) is 0 Å². The average Bonchev–Trinajstić information content (AvgIpc) is 2.42. The van der Waals surface area contributed by atoms with Gasteiger partial charge in [-0.3, -0.25) is 0 Å². The van der Waals surface area contributed by atoms with Crippen LogP contribution in [-0.2, 0) is 6.18 Å². The number of alkyl halides is 3. The summed E-state index contributed by atoms with van der Waals surface area (Å²) in [6.45, 7) is 3.66. The summed E-state index contributed by atoms with van der Waals surface area (Å²) in [6.07, 6.45) is -4.35. The third-order valence-corrected chi connectivity index (χ3v) is 4.16. The lowest BCUT2D eigenvalue weighted by Crippen LogP contribution is -2.15. The van der Waals surface area contributed by atoms with Crippen molar-refractivity contribution in [3.05, 3.63) is 63.6 Å². The molecule has 0 saturated carbocycles. The summed E-state index contributed by atoms with van der Waals surface area (Å²) in [5.41, 5.74) is 1.46. The van der Waals surface area contributed by atoms with Gasteiger partial charge in [0, 0.05) is 16.2 Å². The van der Waals surface area contributed by atoms with Crippen molar-refractivity contribution in [2.45, 2.75) is 26.1 Å². The molecule has 1 N–H and O–H groups in total. The SMILES string of the molecule is Cc1cc(NC(C)c2ccccc2C(F)(F)F)ccc1Br. The lowest BCUT2D eigenvalue weighted by Gasteiger charge is -2.20. The van der Waals surface area contributed by atoms with E-state index in [1.807, 2.05) is 25.1 Å². The van der Waals surface area contributed by atoms with E-state index in [9.17, 15) is 13.2 Å². The first-order valence-corrected chi connectivity index (χ1v) is 7.27. The van der Waals surface area contributed by atoms with Crippen LogP contribution in [-0.4, -0.2) is 0 Å². The molecule has 1 atom stereocenters. The largest absolute Gasteiger partial charge is 0.416 e. The Kier molecular flexibility index (Phi) is 4.61. The number of rotatable bonds is 3. The molecule has 1 nitrogen and oxygen atoms in total. The van der Waals surface area contributed by atoms with Gasteiger partial charge in [0.05, 0.1) is 5.56 Å². The number of hydrogen-bond donors (Lipinski definition) is 1. The van der Waals surface area contributed by atoms with Gasteiger partial charge in [0.2, 0.25) is 0 Å². The van der Waals surface area contributed by atoms with Crippen LogP contribution in [0.25, 0.3) is 0 Å². The van der Waals surface area contributed by atoms with E-state index in [1.165, 1.54) is 12.1 Å². The third-order valence-electron chi connectivity index (χ3n) is 3.27. The van der Waals surface area contributed by atoms with E-state index in [2.05, 4.69) is 21.2 Å². The van der Waals surface area contributed by atoms with Gasteiger partial charge >= 0.3 is 6.18 Å². The van der Waals surface area contributed by atoms with Gasteiger partial charge in [-0.2, -0.15) is 13.2 Å². The Morgan fingerprint density at radius 2 is 1.76 bits per heavy atom. The summed E-state index contributed by atoms with van der Waals surface area (Å²) in [4.78, 5) is 0. The van der Waals surface area contributed by atoms with Crippen molar-refractivity contribution in [1.82, 2.24) is 0 Å². The summed E-state index contributed by atoms with van der Waals surface area (Å²) in [7, 11) is 0. The zero-order chi connectivity index (χ0) is 15.6. The fraction of sp³-hybridized carbons (Fsp3) is 0.250. The predicted octanol–water partition coefficient (Wildman–Crippen LogP) is 5.95. The second-order valence-corrected chi connectivity index (χ2v) is 5.77. The molecule has 0 saturated heterocycles. The second-order valence-electron chi connectivity index (χ2n) is 4.91. The minimum atomic E-state index is -4.35. The fourth-order valence-electron chi connectivity index (χ4n) is 2.19. The molecule has 0 radical (unpaired) electrons. The normalized spacial score (nSPS) is 13.0. The van der Waals surface area contributed by atoms with E-state index in [1.54, 1.807) is 13.0 Å². The standard InChI is InChI=1S/C16H15BrF3N/c1-10-9-12(7-8-15(10)17)21-11(2)13-5-3-4-6-14(13)16(18,19)20/h3-9,11,21H,1-2H3. The van der Waals surface area contributed by atoms with Gasteiger partial charge in [0.1, 0.15) is 0 Å². The smallest absolute Gasteiger partial charge is 0.378 e. The van der Waals surface area contributed by atoms with Crippen molar-refractivity contribution in [1.29, 1.82) is 0 Å². The maximum Gasteiger partial charge on any atom is 0.416 e. The van der Waals surface area contributed by atoms with Crippen molar-refractivity contribution in [3.63, 3.8) is 0 Å². The molecule has 0 bridgehead atoms. The molecule has 2 rings (SSSR count). The lowest BCUT2D eigenvalue weighted by molar-refractivity contribution is -0.138. The van der Waals surface area contributed by atoms with Gasteiger partial charge in [0.25, 0.3) is 0 Å². The van der Waals surface area contributed by atoms with Crippen LogP contribution >= 0.6 is 15.9 Å². The zero-order valence-electron chi connectivity index (χ0n) is 11.6. The van der Waals surface area contributed by atoms with Gasteiger partial charge in [0.15, 0.2) is 0 Å². The fourth-order valence-corrected chi connectivity index (χ4v) is 2.44. The number of nitrogens with one attached hydrogen (secondary N) is 1. The van der Waals surface area contributed by atoms with E-state index in [-0.39, 0.29) is 5.56 Å². The minimum absolute atomic E-state index is 0.241. The first-order valence-electron chi connectivity index (χ1n) is 6.48. The van der Waals surface area contributed by atoms with Gasteiger partial charge in [-0.15, -0.1) is 0 Å². The Labute approximate surface area is 130 Å². The molecular weight excluding hydrogens is 343 g/mol. The van der Waals surface area contributed by atoms with Crippen LogP contribution in [0.1, 0.15) is 29.7 Å². The molecule has 0 fully saturated rings. The molecular formula is C16H15BrF3N. The topological polar surface area (TPSA) is 12.0 Å². The molecule has 1 unspecified atom stereocenters. The molecule has 0 aliphatic rings. The van der Waals surface area contributed by atoms with Gasteiger partial charge < -0.3 is 5.32 Å². The molecule has 0 heterocycles. The Morgan fingerprint density at radius 1 is 1.10 bits per heavy atom. The quantitative estimate of drug-likeness (QED) is 0.715. The maximum atomic E-state index is 13.0. The van der Waals surface area contributed by atoms with Crippen LogP contribution in [0.2, 0.25) is 0 Å². The van der Waals surface area contributed by atoms with Crippen LogP contribution in [0.3, 0.4) is 0 Å². The molecule has 0 aliphatic carbocycles. The van der Waals surface area contributed by atoms with Crippen molar-refractivity contribution >= 4 is 21.6 Å². The Balaban J connectivity index is 2.28. The Bertz CT molecular complexity index is 638. The summed E-state index contributed by atoms with van der Waals surface area (Å²) in [5, 5.41) is 3.12. The number of aryl methyl sites for hydroxylation is 1. The number of hydrogen-bond acceptors (Lipinski definition) is 1. The molecule has 112 valence electrons. The molecule has 2 aromatic carbocycles. The number of anilines is 1. The second kappa shape index (κ2) is 6.10. The van der Waals surface area contributed by atoms with Gasteiger partial charge in [-0.05, 0) is 49.2 Å². The van der Waals surface area contributed by atoms with Crippen LogP contribution < -0.4 is 5.32 Å². The zero-order valence-corrected chi connectivity index (χ0v) is 13.2. The first-order chi connectivity index (χ1) is 9.79. The summed E-state index contributed by atoms with van der Waals surface area (Å²) >= 11 is 3.40. The third kappa shape index (κ3) is 3.79. The lowest BCUT2D eigenvalue weighted by atomic mass is 10.0. The summed E-state index contributed by atoms with van der Waals surface area (Å²) < 4.78 is 40.1. The molecule has 2 aromatic rings. The molecule has 5 heteroatoms. The first kappa shape index (κ1) is 15.9. The summed E-state index contributed by atoms with van der Waals surface area (Å²) in [5.74, 6) is 0. The monoisotopic (exact) mass is 357 g/mol. The Hall–Kier alpha value is -1.49. The highest BCUT2D eigenvalue weighted by atomic mass is 79.9. The molecule has 21 heavy (non-hydrogen) atoms. The molecule has 0 aromatic heterocycles. The van der Waals surface area contributed by atoms with Gasteiger partial charge in [-0.25, -0.2) is 0 Å². The van der Waals surface area contributed by atoms with E-state index < -0.39 is 17.8 Å². The van der Waals surface area contributed by atoms with Crippen molar-refractivity contribution in [2.75, 3.05) is 5.32 Å². The van der Waals surface area contributed by atoms with Crippen LogP contribution in [0, 0.1) is 6.92 Å². The number of benzene rings is 2. The molecule has 0 aliphatic heterocycles. The number of halogens is 4. The van der Waals surface area contributed by atoms with E-state index >= 15 is 0 Å². The highest BCUT2D eigenvalue weighted by molar-refractivity contribution is 9.10. The Morgan fingerprint density at radius 3 is 2.38 bits per heavy atom. The summed E-state index contributed by atoms with van der Waals surface area (Å²) in [6, 6.07) is 10.8.